The van der Waals surface area contributed by atoms with Crippen LogP contribution in [0.15, 0.2) is 9.59 Å². The van der Waals surface area contributed by atoms with Crippen molar-refractivity contribution in [2.24, 2.45) is 0 Å². The molecule has 1 fully saturated rings. The third-order valence-corrected chi connectivity index (χ3v) is 2.16. The molecule has 7 nitrogen and oxygen atoms in total. The Kier molecular flexibility index (Phi) is 2.08. The summed E-state index contributed by atoms with van der Waals surface area (Å²) in [6.07, 6.45) is 0.184. The molecule has 3 N–H and O–H groups in total. The average Bonchev–Trinajstić information content (AvgIpc) is 2.51. The first-order valence-corrected chi connectivity index (χ1v) is 4.29. The summed E-state index contributed by atoms with van der Waals surface area (Å²) in [7, 11) is 0. The van der Waals surface area contributed by atoms with Gasteiger partial charge in [-0.15, -0.1) is 5.10 Å². The van der Waals surface area contributed by atoms with Crippen molar-refractivity contribution >= 4 is 5.82 Å². The van der Waals surface area contributed by atoms with Gasteiger partial charge >= 0.3 is 5.69 Å². The number of aliphatic hydroxyl groups excluding tert-OH is 1. The van der Waals surface area contributed by atoms with Crippen molar-refractivity contribution in [3.63, 3.8) is 0 Å². The van der Waals surface area contributed by atoms with E-state index in [0.717, 1.165) is 0 Å². The number of hydrogen-bond donors (Lipinski definition) is 3. The largest absolute Gasteiger partial charge is 0.391 e. The third kappa shape index (κ3) is 1.53. The number of aliphatic hydroxyl groups is 1. The van der Waals surface area contributed by atoms with Gasteiger partial charge in [-0.1, -0.05) is 0 Å². The van der Waals surface area contributed by atoms with Crippen LogP contribution in [0.25, 0.3) is 0 Å². The van der Waals surface area contributed by atoms with Crippen LogP contribution < -0.4 is 16.1 Å². The highest BCUT2D eigenvalue weighted by Crippen LogP contribution is 2.12. The number of β-amino-alcohol motifs (C(OH)–C–C–N with tert-alkyl or cyclic N) is 1. The molecule has 1 aliphatic rings. The molecule has 1 aromatic heterocycles. The lowest BCUT2D eigenvalue weighted by Crippen LogP contribution is -2.33. The summed E-state index contributed by atoms with van der Waals surface area (Å²) in [6.45, 7) is 0.950. The second kappa shape index (κ2) is 3.26. The number of nitrogens with zero attached hydrogens (tertiary/aromatic N) is 2. The van der Waals surface area contributed by atoms with Crippen LogP contribution in [0.4, 0.5) is 5.82 Å². The zero-order chi connectivity index (χ0) is 10.1. The van der Waals surface area contributed by atoms with Crippen LogP contribution in [-0.4, -0.2) is 39.5 Å². The predicted octanol–water partition coefficient (Wildman–Crippen LogP) is -1.97. The van der Waals surface area contributed by atoms with Crippen LogP contribution in [0.2, 0.25) is 0 Å². The molecule has 0 saturated carbocycles. The van der Waals surface area contributed by atoms with Gasteiger partial charge < -0.3 is 10.0 Å². The van der Waals surface area contributed by atoms with E-state index >= 15 is 0 Å². The van der Waals surface area contributed by atoms with Crippen LogP contribution in [-0.2, 0) is 0 Å². The Hall–Kier alpha value is -1.63. The van der Waals surface area contributed by atoms with Gasteiger partial charge in [0, 0.05) is 13.1 Å². The Balaban J connectivity index is 2.33. The minimum Gasteiger partial charge on any atom is -0.391 e. The van der Waals surface area contributed by atoms with Gasteiger partial charge in [0.1, 0.15) is 0 Å². The van der Waals surface area contributed by atoms with E-state index in [0.29, 0.717) is 19.5 Å². The van der Waals surface area contributed by atoms with Crippen molar-refractivity contribution < 1.29 is 5.11 Å². The van der Waals surface area contributed by atoms with Crippen molar-refractivity contribution in [1.82, 2.24) is 15.2 Å². The SMILES string of the molecule is O=c1[nH]nc(N2CCC(O)C2)c(=O)[nH]1. The van der Waals surface area contributed by atoms with Gasteiger partial charge in [-0.05, 0) is 6.42 Å². The minimum absolute atomic E-state index is 0.154. The van der Waals surface area contributed by atoms with Gasteiger partial charge in [-0.2, -0.15) is 0 Å². The maximum absolute atomic E-state index is 11.3. The van der Waals surface area contributed by atoms with E-state index in [1.165, 1.54) is 0 Å². The molecule has 1 saturated heterocycles. The van der Waals surface area contributed by atoms with E-state index in [1.54, 1.807) is 4.90 Å². The van der Waals surface area contributed by atoms with E-state index in [2.05, 4.69) is 15.2 Å². The highest BCUT2D eigenvalue weighted by atomic mass is 16.3. The summed E-state index contributed by atoms with van der Waals surface area (Å²) in [6, 6.07) is 0. The standard InChI is InChI=1S/C7H10N4O3/c12-4-1-2-11(3-4)5-6(13)8-7(14)10-9-5/h4,12H,1-3H2,(H2,8,10,13,14). The first-order chi connectivity index (χ1) is 6.66. The molecule has 2 rings (SSSR count). The number of aromatic nitrogens is 3. The van der Waals surface area contributed by atoms with E-state index in [9.17, 15) is 14.7 Å². The topological polar surface area (TPSA) is 102 Å². The Morgan fingerprint density at radius 1 is 1.50 bits per heavy atom. The lowest BCUT2D eigenvalue weighted by Gasteiger charge is -2.13. The molecule has 0 amide bonds. The number of H-pyrrole nitrogens is 2. The maximum Gasteiger partial charge on any atom is 0.342 e. The van der Waals surface area contributed by atoms with E-state index in [1.807, 2.05) is 0 Å². The monoisotopic (exact) mass is 198 g/mol. The van der Waals surface area contributed by atoms with Crippen LogP contribution in [0, 0.1) is 0 Å². The first kappa shape index (κ1) is 8.95. The number of rotatable bonds is 1. The second-order valence-electron chi connectivity index (χ2n) is 3.22. The number of anilines is 1. The lowest BCUT2D eigenvalue weighted by molar-refractivity contribution is 0.198. The molecule has 14 heavy (non-hydrogen) atoms. The van der Waals surface area contributed by atoms with Crippen molar-refractivity contribution in [2.75, 3.05) is 18.0 Å². The number of aromatic amines is 2. The normalized spacial score (nSPS) is 21.5. The molecule has 0 bridgehead atoms. The maximum atomic E-state index is 11.3. The first-order valence-electron chi connectivity index (χ1n) is 4.29. The van der Waals surface area contributed by atoms with Gasteiger partial charge in [0.25, 0.3) is 5.56 Å². The Labute approximate surface area is 78.4 Å². The Morgan fingerprint density at radius 3 is 2.86 bits per heavy atom. The van der Waals surface area contributed by atoms with Gasteiger partial charge in [0.15, 0.2) is 0 Å². The number of hydrogen-bond acceptors (Lipinski definition) is 5. The number of nitrogens with one attached hydrogen (secondary N) is 2. The third-order valence-electron chi connectivity index (χ3n) is 2.16. The van der Waals surface area contributed by atoms with E-state index < -0.39 is 17.4 Å². The van der Waals surface area contributed by atoms with Gasteiger partial charge in [0.05, 0.1) is 6.10 Å². The molecule has 1 atom stereocenters. The Bertz CT molecular complexity index is 437. The van der Waals surface area contributed by atoms with Crippen LogP contribution in [0.1, 0.15) is 6.42 Å². The quantitative estimate of drug-likeness (QED) is 0.485. The fourth-order valence-electron chi connectivity index (χ4n) is 1.49. The summed E-state index contributed by atoms with van der Waals surface area (Å²) in [5, 5.41) is 15.0. The van der Waals surface area contributed by atoms with Crippen molar-refractivity contribution in [1.29, 1.82) is 0 Å². The highest BCUT2D eigenvalue weighted by Gasteiger charge is 2.23. The molecule has 76 valence electrons. The molecule has 1 aromatic rings. The summed E-state index contributed by atoms with van der Waals surface area (Å²) in [5.41, 5.74) is -1.15. The minimum atomic E-state index is -0.626. The Morgan fingerprint density at radius 2 is 2.29 bits per heavy atom. The molecular weight excluding hydrogens is 188 g/mol. The fraction of sp³-hybridized carbons (Fsp3) is 0.571. The predicted molar refractivity (Wildman–Crippen MR) is 48.3 cm³/mol. The van der Waals surface area contributed by atoms with Crippen LogP contribution >= 0.6 is 0 Å². The molecule has 1 aliphatic heterocycles. The van der Waals surface area contributed by atoms with Crippen LogP contribution in [0.5, 0.6) is 0 Å². The molecule has 0 aromatic carbocycles. The summed E-state index contributed by atoms with van der Waals surface area (Å²) < 4.78 is 0. The van der Waals surface area contributed by atoms with Crippen LogP contribution in [0.3, 0.4) is 0 Å². The smallest absolute Gasteiger partial charge is 0.342 e. The summed E-state index contributed by atoms with van der Waals surface area (Å²) in [4.78, 5) is 25.7. The highest BCUT2D eigenvalue weighted by molar-refractivity contribution is 5.35. The summed E-state index contributed by atoms with van der Waals surface area (Å²) in [5.74, 6) is 0.154. The fourth-order valence-corrected chi connectivity index (χ4v) is 1.49. The molecule has 0 radical (unpaired) electrons. The van der Waals surface area contributed by atoms with E-state index in [-0.39, 0.29) is 5.82 Å². The van der Waals surface area contributed by atoms with Crippen molar-refractivity contribution in [3.05, 3.63) is 20.8 Å². The second-order valence-corrected chi connectivity index (χ2v) is 3.22. The van der Waals surface area contributed by atoms with Gasteiger partial charge in [0.2, 0.25) is 5.82 Å². The molecule has 1 unspecified atom stereocenters. The zero-order valence-corrected chi connectivity index (χ0v) is 7.36. The lowest BCUT2D eigenvalue weighted by atomic mass is 10.3. The molecule has 0 aliphatic carbocycles. The van der Waals surface area contributed by atoms with E-state index in [4.69, 9.17) is 0 Å². The molecule has 0 spiro atoms. The molecule has 7 heteroatoms. The summed E-state index contributed by atoms with van der Waals surface area (Å²) >= 11 is 0. The molecule has 2 heterocycles. The average molecular weight is 198 g/mol. The van der Waals surface area contributed by atoms with Crippen molar-refractivity contribution in [2.45, 2.75) is 12.5 Å². The van der Waals surface area contributed by atoms with Gasteiger partial charge in [-0.3, -0.25) is 9.78 Å². The van der Waals surface area contributed by atoms with Gasteiger partial charge in [-0.25, -0.2) is 9.89 Å². The zero-order valence-electron chi connectivity index (χ0n) is 7.36. The van der Waals surface area contributed by atoms with Crippen molar-refractivity contribution in [3.8, 4) is 0 Å². The molecular formula is C7H10N4O3.